The number of aliphatic hydroxyl groups is 2. The van der Waals surface area contributed by atoms with Crippen LogP contribution in [0.4, 0.5) is 8.78 Å². The molecule has 0 heterocycles. The molecule has 2 unspecified atom stereocenters. The highest BCUT2D eigenvalue weighted by molar-refractivity contribution is 8.00. The number of rotatable bonds is 11. The first-order chi connectivity index (χ1) is 13.4. The van der Waals surface area contributed by atoms with Gasteiger partial charge in [-0.15, -0.1) is 0 Å². The summed E-state index contributed by atoms with van der Waals surface area (Å²) in [6.07, 6.45) is -2.08. The van der Waals surface area contributed by atoms with Gasteiger partial charge in [0.1, 0.15) is 11.6 Å². The van der Waals surface area contributed by atoms with Gasteiger partial charge in [0.2, 0.25) is 0 Å². The molecule has 0 amide bonds. The van der Waals surface area contributed by atoms with E-state index in [1.807, 2.05) is 0 Å². The minimum Gasteiger partial charge on any atom is -0.390 e. The number of thioether (sulfide) groups is 2. The molecule has 0 aliphatic carbocycles. The van der Waals surface area contributed by atoms with Gasteiger partial charge in [-0.05, 0) is 48.5 Å². The van der Waals surface area contributed by atoms with E-state index in [4.69, 9.17) is 0 Å². The van der Waals surface area contributed by atoms with Crippen molar-refractivity contribution >= 4 is 35.1 Å². The number of Topliss-reactive ketones (excluding diaryl/α,β-unsaturated/α-hetero) is 2. The molecule has 28 heavy (non-hydrogen) atoms. The van der Waals surface area contributed by atoms with Crippen LogP contribution in [0.3, 0.4) is 0 Å². The maximum absolute atomic E-state index is 12.8. The van der Waals surface area contributed by atoms with E-state index in [1.165, 1.54) is 72.1 Å². The van der Waals surface area contributed by atoms with E-state index in [0.29, 0.717) is 11.1 Å². The summed E-state index contributed by atoms with van der Waals surface area (Å²) in [6, 6.07) is 10.4. The standard InChI is InChI=1S/C20H20F2O4S2/c21-15-5-1-13(2-6-15)17(23)9-27-11-19(25)20(26)12-28-10-18(24)14-3-7-16(22)8-4-14/h1-8,19-20,25-26H,9-12H2. The van der Waals surface area contributed by atoms with Crippen molar-refractivity contribution in [1.82, 2.24) is 0 Å². The predicted molar refractivity (Wildman–Crippen MR) is 108 cm³/mol. The molecule has 8 heteroatoms. The van der Waals surface area contributed by atoms with Gasteiger partial charge in [0, 0.05) is 22.6 Å². The van der Waals surface area contributed by atoms with E-state index >= 15 is 0 Å². The third-order valence-corrected chi connectivity index (χ3v) is 5.91. The second-order valence-electron chi connectivity index (χ2n) is 6.03. The van der Waals surface area contributed by atoms with Gasteiger partial charge in [-0.1, -0.05) is 0 Å². The molecule has 2 aromatic carbocycles. The molecule has 2 rings (SSSR count). The molecule has 4 nitrogen and oxygen atoms in total. The van der Waals surface area contributed by atoms with Crippen molar-refractivity contribution in [2.45, 2.75) is 12.2 Å². The molecule has 0 radical (unpaired) electrons. The summed E-state index contributed by atoms with van der Waals surface area (Å²) in [7, 11) is 0. The quantitative estimate of drug-likeness (QED) is 0.538. The van der Waals surface area contributed by atoms with Gasteiger partial charge in [-0.3, -0.25) is 9.59 Å². The van der Waals surface area contributed by atoms with E-state index in [1.54, 1.807) is 0 Å². The molecule has 2 atom stereocenters. The average molecular weight is 427 g/mol. The largest absolute Gasteiger partial charge is 0.390 e. The first kappa shape index (κ1) is 22.5. The maximum Gasteiger partial charge on any atom is 0.172 e. The number of hydrogen-bond donors (Lipinski definition) is 2. The zero-order valence-electron chi connectivity index (χ0n) is 14.9. The van der Waals surface area contributed by atoms with Gasteiger partial charge < -0.3 is 10.2 Å². The highest BCUT2D eigenvalue weighted by atomic mass is 32.2. The summed E-state index contributed by atoms with van der Waals surface area (Å²) in [5.74, 6) is -0.702. The Morgan fingerprint density at radius 1 is 0.714 bits per heavy atom. The first-order valence-corrected chi connectivity index (χ1v) is 10.8. The lowest BCUT2D eigenvalue weighted by Crippen LogP contribution is -2.31. The molecule has 0 bridgehead atoms. The number of hydrogen-bond acceptors (Lipinski definition) is 6. The predicted octanol–water partition coefficient (Wildman–Crippen LogP) is 3.22. The molecule has 0 aliphatic rings. The summed E-state index contributed by atoms with van der Waals surface area (Å²) in [6.45, 7) is 0. The Labute approximate surface area is 170 Å². The molecule has 2 N–H and O–H groups in total. The second kappa shape index (κ2) is 11.3. The normalized spacial score (nSPS) is 13.1. The van der Waals surface area contributed by atoms with Crippen LogP contribution in [-0.4, -0.2) is 57.0 Å². The summed E-state index contributed by atoms with van der Waals surface area (Å²) >= 11 is 2.34. The first-order valence-electron chi connectivity index (χ1n) is 8.46. The van der Waals surface area contributed by atoms with Gasteiger partial charge in [0.25, 0.3) is 0 Å². The van der Waals surface area contributed by atoms with Crippen LogP contribution in [0.15, 0.2) is 48.5 Å². The van der Waals surface area contributed by atoms with Crippen LogP contribution in [0, 0.1) is 11.6 Å². The number of ketones is 2. The Kier molecular flexibility index (Phi) is 9.11. The molecule has 0 saturated heterocycles. The van der Waals surface area contributed by atoms with Crippen LogP contribution in [0.1, 0.15) is 20.7 Å². The van der Waals surface area contributed by atoms with Gasteiger partial charge in [-0.25, -0.2) is 8.78 Å². The molecule has 150 valence electrons. The van der Waals surface area contributed by atoms with Gasteiger partial charge >= 0.3 is 0 Å². The second-order valence-corrected chi connectivity index (χ2v) is 8.09. The molecule has 0 saturated carbocycles. The minimum absolute atomic E-state index is 0.103. The highest BCUT2D eigenvalue weighted by Gasteiger charge is 2.18. The zero-order chi connectivity index (χ0) is 20.5. The van der Waals surface area contributed by atoms with E-state index in [-0.39, 0.29) is 34.6 Å². The Bertz CT molecular complexity index is 714. The molecule has 0 fully saturated rings. The van der Waals surface area contributed by atoms with Crippen molar-refractivity contribution in [3.63, 3.8) is 0 Å². The molecule has 0 spiro atoms. The fraction of sp³-hybridized carbons (Fsp3) is 0.300. The lowest BCUT2D eigenvalue weighted by atomic mass is 10.1. The van der Waals surface area contributed by atoms with Crippen molar-refractivity contribution in [3.8, 4) is 0 Å². The molecular weight excluding hydrogens is 406 g/mol. The summed E-state index contributed by atoms with van der Waals surface area (Å²) in [5.41, 5.74) is 0.776. The van der Waals surface area contributed by atoms with Gasteiger partial charge in [-0.2, -0.15) is 23.5 Å². The van der Waals surface area contributed by atoms with Crippen LogP contribution < -0.4 is 0 Å². The Morgan fingerprint density at radius 3 is 1.36 bits per heavy atom. The van der Waals surface area contributed by atoms with Crippen LogP contribution in [0.5, 0.6) is 0 Å². The van der Waals surface area contributed by atoms with Gasteiger partial charge in [0.05, 0.1) is 23.7 Å². The van der Waals surface area contributed by atoms with Crippen molar-refractivity contribution in [2.75, 3.05) is 23.0 Å². The monoisotopic (exact) mass is 426 g/mol. The number of carbonyl (C=O) groups excluding carboxylic acids is 2. The van der Waals surface area contributed by atoms with Gasteiger partial charge in [0.15, 0.2) is 11.6 Å². The highest BCUT2D eigenvalue weighted by Crippen LogP contribution is 2.15. The fourth-order valence-corrected chi connectivity index (χ4v) is 4.07. The summed E-state index contributed by atoms with van der Waals surface area (Å²) in [4.78, 5) is 23.9. The van der Waals surface area contributed by atoms with E-state index in [2.05, 4.69) is 0 Å². The van der Waals surface area contributed by atoms with Crippen LogP contribution >= 0.6 is 23.5 Å². The fourth-order valence-electron chi connectivity index (χ4n) is 2.21. The smallest absolute Gasteiger partial charge is 0.172 e. The number of aliphatic hydroxyl groups excluding tert-OH is 2. The van der Waals surface area contributed by atoms with Crippen molar-refractivity contribution < 1.29 is 28.6 Å². The number of halogens is 2. The average Bonchev–Trinajstić information content (AvgIpc) is 2.68. The number of carbonyl (C=O) groups is 2. The molecule has 2 aromatic rings. The summed E-state index contributed by atoms with van der Waals surface area (Å²) in [5, 5.41) is 20.0. The SMILES string of the molecule is O=C(CSCC(O)C(O)CSCC(=O)c1ccc(F)cc1)c1ccc(F)cc1. The summed E-state index contributed by atoms with van der Waals surface area (Å²) < 4.78 is 25.7. The third kappa shape index (κ3) is 7.35. The molecule has 0 aliphatic heterocycles. The number of benzene rings is 2. The Balaban J connectivity index is 1.66. The van der Waals surface area contributed by atoms with E-state index < -0.39 is 23.8 Å². The van der Waals surface area contributed by atoms with Crippen molar-refractivity contribution in [1.29, 1.82) is 0 Å². The van der Waals surface area contributed by atoms with Crippen molar-refractivity contribution in [2.24, 2.45) is 0 Å². The molecule has 0 aromatic heterocycles. The topological polar surface area (TPSA) is 74.6 Å². The van der Waals surface area contributed by atoms with Crippen LogP contribution in [-0.2, 0) is 0 Å². The van der Waals surface area contributed by atoms with E-state index in [0.717, 1.165) is 0 Å². The third-order valence-electron chi connectivity index (χ3n) is 3.82. The minimum atomic E-state index is -1.04. The lowest BCUT2D eigenvalue weighted by Gasteiger charge is -2.17. The Morgan fingerprint density at radius 2 is 1.04 bits per heavy atom. The van der Waals surface area contributed by atoms with Crippen LogP contribution in [0.2, 0.25) is 0 Å². The lowest BCUT2D eigenvalue weighted by molar-refractivity contribution is 0.0500. The van der Waals surface area contributed by atoms with E-state index in [9.17, 15) is 28.6 Å². The van der Waals surface area contributed by atoms with Crippen molar-refractivity contribution in [3.05, 3.63) is 71.3 Å². The Hall–Kier alpha value is -1.74. The molecular formula is C20H20F2O4S2. The maximum atomic E-state index is 12.8. The zero-order valence-corrected chi connectivity index (χ0v) is 16.5. The van der Waals surface area contributed by atoms with Crippen LogP contribution in [0.25, 0.3) is 0 Å².